The summed E-state index contributed by atoms with van der Waals surface area (Å²) in [5, 5.41) is 4.04. The van der Waals surface area contributed by atoms with Crippen LogP contribution in [-0.4, -0.2) is 12.6 Å². The summed E-state index contributed by atoms with van der Waals surface area (Å²) in [4.78, 5) is 11.4. The highest BCUT2D eigenvalue weighted by Crippen LogP contribution is 2.31. The van der Waals surface area contributed by atoms with E-state index in [-0.39, 0.29) is 5.70 Å². The minimum atomic E-state index is -0.491. The predicted molar refractivity (Wildman–Crippen MR) is 53.7 cm³/mol. The van der Waals surface area contributed by atoms with Crippen LogP contribution >= 0.6 is 0 Å². The fourth-order valence-corrected chi connectivity index (χ4v) is 1.29. The molecule has 0 aliphatic carbocycles. The van der Waals surface area contributed by atoms with Gasteiger partial charge in [0.1, 0.15) is 5.69 Å². The van der Waals surface area contributed by atoms with E-state index in [9.17, 15) is 4.79 Å². The molecule has 6 heteroatoms. The number of hydrazine groups is 1. The Morgan fingerprint density at radius 2 is 2.53 bits per heavy atom. The second-order valence-corrected chi connectivity index (χ2v) is 2.90. The Morgan fingerprint density at radius 3 is 3.27 bits per heavy atom. The van der Waals surface area contributed by atoms with E-state index in [0.29, 0.717) is 18.2 Å². The summed E-state index contributed by atoms with van der Waals surface area (Å²) in [6, 6.07) is 1.72. The molecule has 2 rings (SSSR count). The summed E-state index contributed by atoms with van der Waals surface area (Å²) in [6.45, 7) is 2.03. The molecule has 0 saturated carbocycles. The second-order valence-electron chi connectivity index (χ2n) is 2.90. The average molecular weight is 209 g/mol. The molecule has 3 N–H and O–H groups in total. The minimum Gasteiger partial charge on any atom is -0.461 e. The maximum Gasteiger partial charge on any atom is 0.358 e. The fourth-order valence-electron chi connectivity index (χ4n) is 1.29. The highest BCUT2D eigenvalue weighted by atomic mass is 16.5. The van der Waals surface area contributed by atoms with Gasteiger partial charge in [0.2, 0.25) is 5.88 Å². The Labute approximate surface area is 86.2 Å². The zero-order valence-electron chi connectivity index (χ0n) is 8.19. The topological polar surface area (TPSA) is 80.7 Å². The highest BCUT2D eigenvalue weighted by molar-refractivity contribution is 5.95. The number of rotatable bonds is 2. The summed E-state index contributed by atoms with van der Waals surface area (Å²) in [5.74, 6) is 5.59. The number of hydrogen-bond donors (Lipinski definition) is 2. The molecule has 0 spiro atoms. The molecule has 0 aromatic carbocycles. The lowest BCUT2D eigenvalue weighted by atomic mass is 10.3. The van der Waals surface area contributed by atoms with Crippen molar-refractivity contribution >= 4 is 17.5 Å². The van der Waals surface area contributed by atoms with Crippen LogP contribution < -0.4 is 16.2 Å². The lowest BCUT2D eigenvalue weighted by Gasteiger charge is -2.22. The zero-order chi connectivity index (χ0) is 10.8. The summed E-state index contributed by atoms with van der Waals surface area (Å²) in [5.41, 5.74) is 0.921. The summed E-state index contributed by atoms with van der Waals surface area (Å²) in [7, 11) is 0. The van der Waals surface area contributed by atoms with E-state index in [1.807, 2.05) is 0 Å². The van der Waals surface area contributed by atoms with Crippen LogP contribution in [0.3, 0.4) is 0 Å². The zero-order valence-corrected chi connectivity index (χ0v) is 8.19. The molecule has 2 heterocycles. The van der Waals surface area contributed by atoms with Crippen LogP contribution in [0.5, 0.6) is 0 Å². The number of anilines is 2. The number of ether oxygens (including phenoxy) is 1. The summed E-state index contributed by atoms with van der Waals surface area (Å²) >= 11 is 0. The van der Waals surface area contributed by atoms with Gasteiger partial charge >= 0.3 is 5.97 Å². The summed E-state index contributed by atoms with van der Waals surface area (Å²) in [6.07, 6.45) is 2.97. The van der Waals surface area contributed by atoms with Gasteiger partial charge in [-0.1, -0.05) is 0 Å². The lowest BCUT2D eigenvalue weighted by Crippen LogP contribution is -2.37. The van der Waals surface area contributed by atoms with Crippen molar-refractivity contribution in [3.05, 3.63) is 24.2 Å². The van der Waals surface area contributed by atoms with Crippen LogP contribution in [0, 0.1) is 0 Å². The Hall–Kier alpha value is -1.95. The molecule has 0 amide bonds. The van der Waals surface area contributed by atoms with Crippen molar-refractivity contribution in [1.29, 1.82) is 0 Å². The van der Waals surface area contributed by atoms with Crippen molar-refractivity contribution in [1.82, 2.24) is 0 Å². The van der Waals surface area contributed by atoms with E-state index in [1.165, 1.54) is 12.5 Å². The van der Waals surface area contributed by atoms with E-state index in [1.54, 1.807) is 13.0 Å². The Bertz CT molecular complexity index is 410. The van der Waals surface area contributed by atoms with E-state index in [4.69, 9.17) is 15.0 Å². The van der Waals surface area contributed by atoms with Crippen LogP contribution in [0.4, 0.5) is 11.6 Å². The molecule has 0 saturated heterocycles. The van der Waals surface area contributed by atoms with Gasteiger partial charge in [0, 0.05) is 12.3 Å². The van der Waals surface area contributed by atoms with E-state index >= 15 is 0 Å². The molecule has 1 aliphatic heterocycles. The molecule has 0 radical (unpaired) electrons. The van der Waals surface area contributed by atoms with Gasteiger partial charge < -0.3 is 14.5 Å². The molecule has 1 aromatic rings. The number of nitrogens with zero attached hydrogens (tertiary/aromatic N) is 1. The first-order valence-electron chi connectivity index (χ1n) is 4.50. The molecular weight excluding hydrogens is 198 g/mol. The third kappa shape index (κ3) is 1.55. The van der Waals surface area contributed by atoms with Crippen molar-refractivity contribution in [3.63, 3.8) is 0 Å². The Kier molecular flexibility index (Phi) is 2.34. The van der Waals surface area contributed by atoms with Gasteiger partial charge in [-0.2, -0.15) is 0 Å². The number of carbonyl (C=O) groups excluding carboxylic acids is 1. The molecule has 0 fully saturated rings. The van der Waals surface area contributed by atoms with Gasteiger partial charge in [0.15, 0.2) is 5.70 Å². The normalized spacial score (nSPS) is 14.0. The van der Waals surface area contributed by atoms with Crippen molar-refractivity contribution in [3.8, 4) is 0 Å². The molecule has 1 aliphatic rings. The quantitative estimate of drug-likeness (QED) is 0.553. The molecule has 6 nitrogen and oxygen atoms in total. The standard InChI is InChI=1S/C9H11N3O3/c1-2-14-9(13)7-5-11-6-3-4-15-8(6)12(7)10/h3-5,11H,2,10H2,1H3. The Morgan fingerprint density at radius 1 is 1.73 bits per heavy atom. The first kappa shape index (κ1) is 9.60. The largest absolute Gasteiger partial charge is 0.461 e. The van der Waals surface area contributed by atoms with Gasteiger partial charge in [-0.05, 0) is 6.92 Å². The number of hydrogen-bond acceptors (Lipinski definition) is 6. The molecule has 0 atom stereocenters. The lowest BCUT2D eigenvalue weighted by molar-refractivity contribution is -0.138. The number of furan rings is 1. The second kappa shape index (κ2) is 3.66. The third-order valence-corrected chi connectivity index (χ3v) is 1.97. The first-order chi connectivity index (χ1) is 7.24. The molecule has 1 aromatic heterocycles. The van der Waals surface area contributed by atoms with Gasteiger partial charge in [-0.25, -0.2) is 15.6 Å². The minimum absolute atomic E-state index is 0.208. The number of esters is 1. The fraction of sp³-hybridized carbons (Fsp3) is 0.222. The predicted octanol–water partition coefficient (Wildman–Crippen LogP) is 0.790. The molecule has 0 bridgehead atoms. The maximum atomic E-state index is 11.4. The van der Waals surface area contributed by atoms with Crippen LogP contribution in [0.25, 0.3) is 0 Å². The SMILES string of the molecule is CCOC(=O)C1=CNc2ccoc2N1N. The van der Waals surface area contributed by atoms with Crippen molar-refractivity contribution in [2.24, 2.45) is 5.84 Å². The van der Waals surface area contributed by atoms with Crippen LogP contribution in [0.1, 0.15) is 6.92 Å². The third-order valence-electron chi connectivity index (χ3n) is 1.97. The number of fused-ring (bicyclic) bond motifs is 1. The van der Waals surface area contributed by atoms with E-state index in [0.717, 1.165) is 5.01 Å². The molecule has 80 valence electrons. The van der Waals surface area contributed by atoms with Crippen molar-refractivity contribution in [2.45, 2.75) is 6.92 Å². The number of nitrogens with one attached hydrogen (secondary N) is 1. The van der Waals surface area contributed by atoms with Crippen LogP contribution in [-0.2, 0) is 9.53 Å². The van der Waals surface area contributed by atoms with Gasteiger partial charge in [-0.15, -0.1) is 0 Å². The summed E-state index contributed by atoms with van der Waals surface area (Å²) < 4.78 is 9.95. The van der Waals surface area contributed by atoms with Crippen LogP contribution in [0.15, 0.2) is 28.6 Å². The molecule has 0 unspecified atom stereocenters. The maximum absolute atomic E-state index is 11.4. The van der Waals surface area contributed by atoms with Gasteiger partial charge in [0.25, 0.3) is 0 Å². The molecular formula is C9H11N3O3. The van der Waals surface area contributed by atoms with Crippen molar-refractivity contribution < 1.29 is 13.9 Å². The van der Waals surface area contributed by atoms with E-state index < -0.39 is 5.97 Å². The number of nitrogens with two attached hydrogens (primary N) is 1. The van der Waals surface area contributed by atoms with Gasteiger partial charge in [0.05, 0.1) is 12.9 Å². The van der Waals surface area contributed by atoms with E-state index in [2.05, 4.69) is 5.32 Å². The van der Waals surface area contributed by atoms with Crippen LogP contribution in [0.2, 0.25) is 0 Å². The molecule has 15 heavy (non-hydrogen) atoms. The average Bonchev–Trinajstić information content (AvgIpc) is 2.67. The highest BCUT2D eigenvalue weighted by Gasteiger charge is 2.25. The first-order valence-corrected chi connectivity index (χ1v) is 4.50. The monoisotopic (exact) mass is 209 g/mol. The van der Waals surface area contributed by atoms with Crippen molar-refractivity contribution in [2.75, 3.05) is 16.9 Å². The smallest absolute Gasteiger partial charge is 0.358 e. The van der Waals surface area contributed by atoms with Gasteiger partial charge in [-0.3, -0.25) is 0 Å². The Balaban J connectivity index is 2.23. The number of carbonyl (C=O) groups is 1.